The van der Waals surface area contributed by atoms with Crippen molar-refractivity contribution in [2.45, 2.75) is 6.92 Å². The summed E-state index contributed by atoms with van der Waals surface area (Å²) >= 11 is 0. The summed E-state index contributed by atoms with van der Waals surface area (Å²) in [6, 6.07) is 16.3. The Morgan fingerprint density at radius 2 is 1.62 bits per heavy atom. The summed E-state index contributed by atoms with van der Waals surface area (Å²) in [7, 11) is 0. The molecular weight excluding hydrogens is 412 g/mol. The molecule has 0 aliphatic carbocycles. The van der Waals surface area contributed by atoms with Gasteiger partial charge in [-0.05, 0) is 43.3 Å². The van der Waals surface area contributed by atoms with E-state index in [1.807, 2.05) is 6.92 Å². The first kappa shape index (κ1) is 20.8. The average molecular weight is 430 g/mol. The highest BCUT2D eigenvalue weighted by Gasteiger charge is 2.36. The van der Waals surface area contributed by atoms with Crippen LogP contribution >= 0.6 is 0 Å². The first-order valence-corrected chi connectivity index (χ1v) is 9.69. The largest absolute Gasteiger partial charge is 0.465 e. The summed E-state index contributed by atoms with van der Waals surface area (Å²) in [5, 5.41) is 2.51. The van der Waals surface area contributed by atoms with Crippen molar-refractivity contribution in [3.05, 3.63) is 101 Å². The molecule has 0 bridgehead atoms. The number of ether oxygens (including phenoxy) is 1. The highest BCUT2D eigenvalue weighted by atomic mass is 16.5. The Labute approximate surface area is 183 Å². The maximum absolute atomic E-state index is 12.7. The van der Waals surface area contributed by atoms with Gasteiger partial charge in [0.1, 0.15) is 11.5 Å². The molecule has 160 valence electrons. The fourth-order valence-corrected chi connectivity index (χ4v) is 3.12. The van der Waals surface area contributed by atoms with Gasteiger partial charge in [0.2, 0.25) is 0 Å². The van der Waals surface area contributed by atoms with Crippen LogP contribution in [0.15, 0.2) is 77.0 Å². The lowest BCUT2D eigenvalue weighted by Crippen LogP contribution is -2.35. The van der Waals surface area contributed by atoms with Crippen LogP contribution in [0, 0.1) is 6.92 Å². The molecule has 8 nitrogen and oxygen atoms in total. The molecule has 0 unspecified atom stereocenters. The summed E-state index contributed by atoms with van der Waals surface area (Å²) in [6.45, 7) is 1.29. The number of benzene rings is 2. The van der Waals surface area contributed by atoms with Crippen LogP contribution in [-0.2, 0) is 9.53 Å². The van der Waals surface area contributed by atoms with Crippen molar-refractivity contribution in [1.82, 2.24) is 10.2 Å². The number of fused-ring (bicyclic) bond motifs is 1. The number of hydrogen-bond donors (Lipinski definition) is 1. The van der Waals surface area contributed by atoms with Gasteiger partial charge in [0.25, 0.3) is 17.7 Å². The van der Waals surface area contributed by atoms with Crippen molar-refractivity contribution >= 4 is 29.8 Å². The van der Waals surface area contributed by atoms with Gasteiger partial charge in [-0.15, -0.1) is 0 Å². The molecule has 1 aliphatic rings. The molecule has 1 N–H and O–H groups in total. The number of esters is 1. The van der Waals surface area contributed by atoms with Crippen LogP contribution in [-0.4, -0.2) is 35.3 Å². The lowest BCUT2D eigenvalue weighted by Gasteiger charge is -2.15. The Morgan fingerprint density at radius 3 is 2.22 bits per heavy atom. The molecular formula is C24H18N2O6. The second kappa shape index (κ2) is 8.73. The van der Waals surface area contributed by atoms with Gasteiger partial charge in [-0.3, -0.25) is 14.4 Å². The molecule has 32 heavy (non-hydrogen) atoms. The number of amides is 3. The molecule has 3 amide bonds. The quantitative estimate of drug-likeness (QED) is 0.366. The van der Waals surface area contributed by atoms with E-state index in [0.717, 1.165) is 10.5 Å². The fourth-order valence-electron chi connectivity index (χ4n) is 3.12. The van der Waals surface area contributed by atoms with E-state index < -0.39 is 30.4 Å². The molecule has 0 radical (unpaired) electrons. The Balaban J connectivity index is 1.50. The number of carbonyl (C=O) groups excluding carboxylic acids is 4. The third kappa shape index (κ3) is 4.20. The molecule has 3 aromatic rings. The van der Waals surface area contributed by atoms with Crippen LogP contribution in [0.1, 0.15) is 42.4 Å². The molecule has 0 spiro atoms. The normalized spacial score (nSPS) is 13.2. The summed E-state index contributed by atoms with van der Waals surface area (Å²) in [4.78, 5) is 51.1. The number of furan rings is 1. The summed E-state index contributed by atoms with van der Waals surface area (Å²) < 4.78 is 10.4. The monoisotopic (exact) mass is 430 g/mol. The number of hydrogen-bond acceptors (Lipinski definition) is 6. The van der Waals surface area contributed by atoms with E-state index in [0.29, 0.717) is 11.3 Å². The van der Waals surface area contributed by atoms with Crippen molar-refractivity contribution < 1.29 is 28.3 Å². The van der Waals surface area contributed by atoms with E-state index in [1.54, 1.807) is 48.5 Å². The number of nitrogens with one attached hydrogen (secondary N) is 1. The van der Waals surface area contributed by atoms with Gasteiger partial charge in [-0.25, -0.2) is 9.69 Å². The Kier molecular flexibility index (Phi) is 5.67. The maximum Gasteiger partial charge on any atom is 0.356 e. The Morgan fingerprint density at radius 1 is 0.969 bits per heavy atom. The van der Waals surface area contributed by atoms with Crippen molar-refractivity contribution in [1.29, 1.82) is 0 Å². The van der Waals surface area contributed by atoms with Gasteiger partial charge >= 0.3 is 5.97 Å². The fraction of sp³-hybridized carbons (Fsp3) is 0.0833. The van der Waals surface area contributed by atoms with Crippen molar-refractivity contribution in [3.63, 3.8) is 0 Å². The molecule has 4 rings (SSSR count). The minimum absolute atomic E-state index is 0.206. The zero-order valence-electron chi connectivity index (χ0n) is 17.0. The standard InChI is InChI=1S/C24H18N2O6/c1-15-8-10-16(11-9-15)21(27)25-20(13-17-5-4-12-31-17)24(30)32-14-26-22(28)18-6-2-3-7-19(18)23(26)29/h2-13H,14H2,1H3,(H,25,27)/b20-13-. The van der Waals surface area contributed by atoms with Gasteiger partial charge in [-0.2, -0.15) is 0 Å². The molecule has 2 aromatic carbocycles. The van der Waals surface area contributed by atoms with Gasteiger partial charge in [-0.1, -0.05) is 29.8 Å². The van der Waals surface area contributed by atoms with Gasteiger partial charge in [0.05, 0.1) is 17.4 Å². The van der Waals surface area contributed by atoms with Crippen molar-refractivity contribution in [2.24, 2.45) is 0 Å². The minimum atomic E-state index is -0.932. The SMILES string of the molecule is Cc1ccc(C(=O)N/C(=C\c2ccco2)C(=O)OCN2C(=O)c3ccccc3C2=O)cc1. The molecule has 1 aromatic heterocycles. The predicted molar refractivity (Wildman–Crippen MR) is 113 cm³/mol. The van der Waals surface area contributed by atoms with Crippen LogP contribution in [0.3, 0.4) is 0 Å². The lowest BCUT2D eigenvalue weighted by atomic mass is 10.1. The summed E-state index contributed by atoms with van der Waals surface area (Å²) in [5.74, 6) is -2.27. The molecule has 0 saturated carbocycles. The number of carbonyl (C=O) groups is 4. The Bertz CT molecular complexity index is 1190. The van der Waals surface area contributed by atoms with Gasteiger partial charge in [0.15, 0.2) is 6.73 Å². The van der Waals surface area contributed by atoms with Gasteiger partial charge < -0.3 is 14.5 Å². The Hall–Kier alpha value is -4.46. The second-order valence-corrected chi connectivity index (χ2v) is 7.04. The van der Waals surface area contributed by atoms with E-state index in [-0.39, 0.29) is 16.8 Å². The highest BCUT2D eigenvalue weighted by molar-refractivity contribution is 6.21. The second-order valence-electron chi connectivity index (χ2n) is 7.04. The predicted octanol–water partition coefficient (Wildman–Crippen LogP) is 3.16. The van der Waals surface area contributed by atoms with Crippen LogP contribution in [0.5, 0.6) is 0 Å². The van der Waals surface area contributed by atoms with Crippen LogP contribution in [0.25, 0.3) is 6.08 Å². The zero-order chi connectivity index (χ0) is 22.7. The van der Waals surface area contributed by atoms with Crippen LogP contribution in [0.4, 0.5) is 0 Å². The number of rotatable bonds is 6. The summed E-state index contributed by atoms with van der Waals surface area (Å²) in [6.07, 6.45) is 2.71. The number of imide groups is 1. The molecule has 0 fully saturated rings. The molecule has 1 aliphatic heterocycles. The topological polar surface area (TPSA) is 106 Å². The van der Waals surface area contributed by atoms with Crippen molar-refractivity contribution in [3.8, 4) is 0 Å². The molecule has 8 heteroatoms. The third-order valence-electron chi connectivity index (χ3n) is 4.81. The van der Waals surface area contributed by atoms with E-state index in [2.05, 4.69) is 5.32 Å². The van der Waals surface area contributed by atoms with E-state index in [1.165, 1.54) is 24.5 Å². The van der Waals surface area contributed by atoms with Crippen LogP contribution in [0.2, 0.25) is 0 Å². The zero-order valence-corrected chi connectivity index (χ0v) is 17.0. The smallest absolute Gasteiger partial charge is 0.356 e. The van der Waals surface area contributed by atoms with E-state index in [4.69, 9.17) is 9.15 Å². The average Bonchev–Trinajstić information content (AvgIpc) is 3.39. The molecule has 2 heterocycles. The first-order chi connectivity index (χ1) is 15.4. The maximum atomic E-state index is 12.7. The lowest BCUT2D eigenvalue weighted by molar-refractivity contribution is -0.141. The van der Waals surface area contributed by atoms with Gasteiger partial charge in [0, 0.05) is 11.6 Å². The highest BCUT2D eigenvalue weighted by Crippen LogP contribution is 2.22. The summed E-state index contributed by atoms with van der Waals surface area (Å²) in [5.41, 5.74) is 1.60. The first-order valence-electron chi connectivity index (χ1n) is 9.69. The van der Waals surface area contributed by atoms with Crippen LogP contribution < -0.4 is 5.32 Å². The van der Waals surface area contributed by atoms with Crippen molar-refractivity contribution in [2.75, 3.05) is 6.73 Å². The number of aryl methyl sites for hydroxylation is 1. The minimum Gasteiger partial charge on any atom is -0.465 e. The number of nitrogens with zero attached hydrogens (tertiary/aromatic N) is 1. The molecule has 0 saturated heterocycles. The van der Waals surface area contributed by atoms with E-state index >= 15 is 0 Å². The van der Waals surface area contributed by atoms with E-state index in [9.17, 15) is 19.2 Å². The molecule has 0 atom stereocenters. The third-order valence-corrected chi connectivity index (χ3v) is 4.81.